The molecule has 2 bridgehead atoms. The second kappa shape index (κ2) is 6.19. The van der Waals surface area contributed by atoms with E-state index in [0.29, 0.717) is 12.8 Å². The van der Waals surface area contributed by atoms with Gasteiger partial charge in [-0.25, -0.2) is 9.18 Å². The molecule has 140 valence electrons. The highest BCUT2D eigenvalue weighted by Gasteiger charge is 2.63. The smallest absolute Gasteiger partial charge is 0.408 e. The number of hydrogen-bond donors (Lipinski definition) is 2. The summed E-state index contributed by atoms with van der Waals surface area (Å²) in [5, 5.41) is 30.2. The van der Waals surface area contributed by atoms with Gasteiger partial charge in [0.2, 0.25) is 0 Å². The van der Waals surface area contributed by atoms with Crippen molar-refractivity contribution in [2.75, 3.05) is 13.1 Å². The third-order valence-corrected chi connectivity index (χ3v) is 5.98. The van der Waals surface area contributed by atoms with Crippen LogP contribution in [-0.2, 0) is 0 Å². The standard InChI is InChI=1S/C18H23FN4O3/c1-18-9-11(10-18)15(23(18)17(25)26)16(24)12-5-4-6-13(14(12)19)20-21-22-7-2-3-8-22/h4-6,11,15-16,24H,2-3,7-10H2,1H3,(H,25,26)/t11?,15-,16?,18?/m0/s1. The van der Waals surface area contributed by atoms with Crippen LogP contribution in [0.1, 0.15) is 44.3 Å². The highest BCUT2D eigenvalue weighted by atomic mass is 19.1. The first kappa shape index (κ1) is 17.2. The van der Waals surface area contributed by atoms with Crippen LogP contribution in [0.4, 0.5) is 14.9 Å². The quantitative estimate of drug-likeness (QED) is 0.803. The monoisotopic (exact) mass is 362 g/mol. The normalized spacial score (nSPS) is 31.5. The van der Waals surface area contributed by atoms with Gasteiger partial charge >= 0.3 is 6.09 Å². The van der Waals surface area contributed by atoms with E-state index in [1.54, 1.807) is 11.1 Å². The number of aliphatic hydroxyl groups excluding tert-OH is 1. The van der Waals surface area contributed by atoms with Gasteiger partial charge in [-0.15, -0.1) is 5.11 Å². The van der Waals surface area contributed by atoms with E-state index in [4.69, 9.17) is 0 Å². The number of hydrogen-bond acceptors (Lipinski definition) is 4. The molecule has 3 aliphatic heterocycles. The van der Waals surface area contributed by atoms with Crippen molar-refractivity contribution in [3.8, 4) is 0 Å². The molecule has 4 aliphatic rings. The summed E-state index contributed by atoms with van der Waals surface area (Å²) in [6.45, 7) is 3.49. The number of carboxylic acid groups (broad SMARTS) is 1. The van der Waals surface area contributed by atoms with E-state index >= 15 is 0 Å². The maximum atomic E-state index is 14.9. The van der Waals surface area contributed by atoms with Crippen LogP contribution < -0.4 is 0 Å². The van der Waals surface area contributed by atoms with Gasteiger partial charge in [-0.2, -0.15) is 0 Å². The maximum absolute atomic E-state index is 14.9. The van der Waals surface area contributed by atoms with Crippen LogP contribution in [0.25, 0.3) is 0 Å². The number of amides is 1. The largest absolute Gasteiger partial charge is 0.465 e. The predicted molar refractivity (Wildman–Crippen MR) is 91.5 cm³/mol. The lowest BCUT2D eigenvalue weighted by atomic mass is 9.72. The Balaban J connectivity index is 1.59. The number of carbonyl (C=O) groups is 1. The van der Waals surface area contributed by atoms with Crippen molar-refractivity contribution in [3.63, 3.8) is 0 Å². The van der Waals surface area contributed by atoms with E-state index in [-0.39, 0.29) is 17.2 Å². The molecule has 5 rings (SSSR count). The summed E-state index contributed by atoms with van der Waals surface area (Å²) < 4.78 is 14.9. The molecule has 1 aromatic rings. The molecule has 0 spiro atoms. The topological polar surface area (TPSA) is 88.7 Å². The minimum absolute atomic E-state index is 0.0559. The van der Waals surface area contributed by atoms with Gasteiger partial charge in [0.05, 0.1) is 6.04 Å². The number of halogens is 1. The third-order valence-electron chi connectivity index (χ3n) is 5.98. The molecule has 2 N–H and O–H groups in total. The summed E-state index contributed by atoms with van der Waals surface area (Å²) >= 11 is 0. The zero-order valence-electron chi connectivity index (χ0n) is 14.7. The average Bonchev–Trinajstić information content (AvgIpc) is 3.25. The van der Waals surface area contributed by atoms with Crippen LogP contribution >= 0.6 is 0 Å². The van der Waals surface area contributed by atoms with Crippen molar-refractivity contribution >= 4 is 11.8 Å². The fourth-order valence-corrected chi connectivity index (χ4v) is 4.76. The minimum atomic E-state index is -1.22. The van der Waals surface area contributed by atoms with Crippen LogP contribution in [-0.4, -0.2) is 50.9 Å². The van der Waals surface area contributed by atoms with E-state index in [9.17, 15) is 19.4 Å². The highest BCUT2D eigenvalue weighted by molar-refractivity contribution is 5.68. The van der Waals surface area contributed by atoms with Gasteiger partial charge in [0, 0.05) is 24.2 Å². The molecule has 26 heavy (non-hydrogen) atoms. The molecule has 1 amide bonds. The molecule has 0 aromatic heterocycles. The Labute approximate surface area is 151 Å². The number of aliphatic hydroxyl groups is 1. The van der Waals surface area contributed by atoms with Crippen molar-refractivity contribution in [2.24, 2.45) is 16.3 Å². The number of nitrogens with zero attached hydrogens (tertiary/aromatic N) is 4. The van der Waals surface area contributed by atoms with Crippen LogP contribution in [0.5, 0.6) is 0 Å². The summed E-state index contributed by atoms with van der Waals surface area (Å²) in [7, 11) is 0. The molecule has 2 atom stereocenters. The summed E-state index contributed by atoms with van der Waals surface area (Å²) in [5.41, 5.74) is -0.312. The molecular weight excluding hydrogens is 339 g/mol. The second-order valence-corrected chi connectivity index (χ2v) is 7.78. The second-order valence-electron chi connectivity index (χ2n) is 7.78. The Morgan fingerprint density at radius 3 is 2.69 bits per heavy atom. The molecule has 1 aliphatic carbocycles. The van der Waals surface area contributed by atoms with Crippen molar-refractivity contribution in [1.82, 2.24) is 9.91 Å². The van der Waals surface area contributed by atoms with Gasteiger partial charge < -0.3 is 10.2 Å². The van der Waals surface area contributed by atoms with E-state index in [1.807, 2.05) is 6.92 Å². The minimum Gasteiger partial charge on any atom is -0.465 e. The highest BCUT2D eigenvalue weighted by Crippen LogP contribution is 2.57. The Morgan fingerprint density at radius 1 is 1.35 bits per heavy atom. The molecule has 1 unspecified atom stereocenters. The van der Waals surface area contributed by atoms with Gasteiger partial charge in [-0.1, -0.05) is 17.4 Å². The Hall–Kier alpha value is -2.22. The Bertz CT molecular complexity index is 744. The van der Waals surface area contributed by atoms with Crippen molar-refractivity contribution < 1.29 is 19.4 Å². The fraction of sp³-hybridized carbons (Fsp3) is 0.611. The Kier molecular flexibility index (Phi) is 4.10. The zero-order chi connectivity index (χ0) is 18.5. The molecule has 3 saturated heterocycles. The van der Waals surface area contributed by atoms with Crippen molar-refractivity contribution in [3.05, 3.63) is 29.6 Å². The number of rotatable bonds is 4. The SMILES string of the molecule is CC12CC(C1)[C@@H](C(O)c1cccc(N=NN3CCCC3)c1F)N2C(=O)O. The molecule has 0 radical (unpaired) electrons. The molecule has 4 fully saturated rings. The predicted octanol–water partition coefficient (Wildman–Crippen LogP) is 3.48. The van der Waals surface area contributed by atoms with Gasteiger partial charge in [-0.05, 0) is 44.6 Å². The van der Waals surface area contributed by atoms with Crippen LogP contribution in [0.3, 0.4) is 0 Å². The molecule has 1 saturated carbocycles. The zero-order valence-corrected chi connectivity index (χ0v) is 14.7. The molecule has 1 aromatic carbocycles. The molecule has 7 nitrogen and oxygen atoms in total. The molecule has 8 heteroatoms. The number of benzene rings is 1. The van der Waals surface area contributed by atoms with E-state index < -0.39 is 29.6 Å². The van der Waals surface area contributed by atoms with E-state index in [0.717, 1.165) is 25.9 Å². The first-order valence-corrected chi connectivity index (χ1v) is 9.06. The van der Waals surface area contributed by atoms with Crippen LogP contribution in [0.15, 0.2) is 28.5 Å². The fourth-order valence-electron chi connectivity index (χ4n) is 4.76. The average molecular weight is 362 g/mol. The van der Waals surface area contributed by atoms with Gasteiger partial charge in [0.15, 0.2) is 5.82 Å². The molecule has 3 heterocycles. The van der Waals surface area contributed by atoms with E-state index in [1.165, 1.54) is 17.0 Å². The van der Waals surface area contributed by atoms with Crippen LogP contribution in [0.2, 0.25) is 0 Å². The Morgan fingerprint density at radius 2 is 2.04 bits per heavy atom. The summed E-state index contributed by atoms with van der Waals surface area (Å²) in [6, 6.07) is 3.99. The lowest BCUT2D eigenvalue weighted by Gasteiger charge is -2.37. The van der Waals surface area contributed by atoms with Gasteiger partial charge in [0.1, 0.15) is 11.8 Å². The van der Waals surface area contributed by atoms with Crippen molar-refractivity contribution in [1.29, 1.82) is 0 Å². The van der Waals surface area contributed by atoms with Crippen LogP contribution in [0, 0.1) is 11.7 Å². The van der Waals surface area contributed by atoms with Gasteiger partial charge in [-0.3, -0.25) is 9.91 Å². The number of fused-ring (bicyclic) bond motifs is 1. The van der Waals surface area contributed by atoms with Crippen molar-refractivity contribution in [2.45, 2.75) is 50.3 Å². The summed E-state index contributed by atoms with van der Waals surface area (Å²) in [5.74, 6) is -0.581. The third kappa shape index (κ3) is 2.63. The maximum Gasteiger partial charge on any atom is 0.408 e. The lowest BCUT2D eigenvalue weighted by Crippen LogP contribution is -2.47. The van der Waals surface area contributed by atoms with E-state index in [2.05, 4.69) is 10.3 Å². The first-order chi connectivity index (χ1) is 12.4. The van der Waals surface area contributed by atoms with Gasteiger partial charge in [0.25, 0.3) is 0 Å². The summed E-state index contributed by atoms with van der Waals surface area (Å²) in [4.78, 5) is 13.0. The lowest BCUT2D eigenvalue weighted by molar-refractivity contribution is 0.0499. The summed E-state index contributed by atoms with van der Waals surface area (Å²) in [6.07, 6.45) is 1.22. The molecular formula is C18H23FN4O3. The first-order valence-electron chi connectivity index (χ1n) is 9.06.